The average Bonchev–Trinajstić information content (AvgIpc) is 2.99. The standard InChI is InChI=1S/4C8H20N.O4Si.H2O/c4*1-5-9(6-2,7-3)8-4;1-5(2,3)4;/h4*5-8H2,1-4H3;;1H2/q4*+1;-4;. The summed E-state index contributed by atoms with van der Waals surface area (Å²) >= 11 is 0. The molecule has 0 radical (unpaired) electrons. The maximum atomic E-state index is 8.58. The minimum Gasteiger partial charge on any atom is -0.894 e. The summed E-state index contributed by atoms with van der Waals surface area (Å²) < 4.78 is 5.11. The summed E-state index contributed by atoms with van der Waals surface area (Å²) in [5.74, 6) is 0. The Labute approximate surface area is 266 Å². The number of hydrogen-bond donors (Lipinski definition) is 0. The van der Waals surface area contributed by atoms with Gasteiger partial charge in [-0.05, 0) is 111 Å². The van der Waals surface area contributed by atoms with E-state index in [4.69, 9.17) is 19.2 Å². The molecule has 0 fully saturated rings. The van der Waals surface area contributed by atoms with Crippen molar-refractivity contribution in [1.82, 2.24) is 0 Å². The van der Waals surface area contributed by atoms with E-state index in [2.05, 4.69) is 111 Å². The van der Waals surface area contributed by atoms with Gasteiger partial charge in [0.1, 0.15) is 0 Å². The Kier molecular flexibility index (Phi) is 39.9. The summed E-state index contributed by atoms with van der Waals surface area (Å²) in [4.78, 5) is 34.3. The molecule has 0 rings (SSSR count). The Morgan fingerprint density at radius 2 is 0.310 bits per heavy atom. The Morgan fingerprint density at radius 3 is 0.310 bits per heavy atom. The highest BCUT2D eigenvalue weighted by Gasteiger charge is 2.18. The van der Waals surface area contributed by atoms with E-state index in [1.807, 2.05) is 0 Å². The minimum absolute atomic E-state index is 0. The Balaban J connectivity index is -0.0000000970. The third-order valence-corrected chi connectivity index (χ3v) is 10.7. The Morgan fingerprint density at radius 1 is 0.262 bits per heavy atom. The molecule has 0 aliphatic heterocycles. The van der Waals surface area contributed by atoms with Crippen LogP contribution >= 0.6 is 0 Å². The second-order valence-electron chi connectivity index (χ2n) is 10.9. The van der Waals surface area contributed by atoms with E-state index < -0.39 is 9.05 Å². The van der Waals surface area contributed by atoms with Gasteiger partial charge >= 0.3 is 0 Å². The van der Waals surface area contributed by atoms with Crippen LogP contribution in [0.25, 0.3) is 0 Å². The molecular weight excluding hydrogens is 548 g/mol. The molecule has 9 nitrogen and oxygen atoms in total. The number of hydrogen-bond acceptors (Lipinski definition) is 4. The first-order valence-corrected chi connectivity index (χ1v) is 18.8. The maximum absolute atomic E-state index is 8.58. The van der Waals surface area contributed by atoms with Crippen molar-refractivity contribution in [3.63, 3.8) is 0 Å². The van der Waals surface area contributed by atoms with E-state index in [0.29, 0.717) is 0 Å². The van der Waals surface area contributed by atoms with Gasteiger partial charge in [0, 0.05) is 0 Å². The molecule has 264 valence electrons. The van der Waals surface area contributed by atoms with Crippen LogP contribution in [0.3, 0.4) is 0 Å². The third-order valence-electron chi connectivity index (χ3n) is 10.7. The summed E-state index contributed by atoms with van der Waals surface area (Å²) in [6.07, 6.45) is 0. The largest absolute Gasteiger partial charge is 0.894 e. The fraction of sp³-hybridized carbons (Fsp3) is 1.00. The van der Waals surface area contributed by atoms with Gasteiger partial charge in [0.05, 0.1) is 105 Å². The zero-order valence-corrected chi connectivity index (χ0v) is 32.7. The Hall–Kier alpha value is -0.143. The van der Waals surface area contributed by atoms with Crippen LogP contribution in [0.5, 0.6) is 0 Å². The first-order chi connectivity index (χ1) is 19.0. The molecule has 10 heteroatoms. The molecule has 0 atom stereocenters. The summed E-state index contributed by atoms with van der Waals surface area (Å²) in [7, 11) is -5.61. The molecule has 0 heterocycles. The van der Waals surface area contributed by atoms with Crippen molar-refractivity contribution in [2.75, 3.05) is 105 Å². The van der Waals surface area contributed by atoms with Crippen LogP contribution in [-0.4, -0.2) is 137 Å². The summed E-state index contributed by atoms with van der Waals surface area (Å²) in [6.45, 7) is 56.9. The number of rotatable bonds is 16. The smallest absolute Gasteiger partial charge is 0.0757 e. The molecule has 0 unspecified atom stereocenters. The van der Waals surface area contributed by atoms with Crippen LogP contribution in [0.15, 0.2) is 0 Å². The first-order valence-electron chi connectivity index (χ1n) is 17.2. The lowest BCUT2D eigenvalue weighted by Crippen LogP contribution is -2.82. The number of nitrogens with zero attached hydrogens (tertiary/aromatic N) is 4. The predicted octanol–water partition coefficient (Wildman–Crippen LogP) is 1.57. The van der Waals surface area contributed by atoms with Crippen molar-refractivity contribution in [2.24, 2.45) is 0 Å². The highest BCUT2D eigenvalue weighted by Crippen LogP contribution is 2.05. The average molecular weight is 631 g/mol. The highest BCUT2D eigenvalue weighted by atomic mass is 28.4. The molecule has 0 aromatic carbocycles. The quantitative estimate of drug-likeness (QED) is 0.190. The molecule has 0 aliphatic carbocycles. The monoisotopic (exact) mass is 631 g/mol. The lowest BCUT2D eigenvalue weighted by atomic mass is 10.3. The van der Waals surface area contributed by atoms with E-state index in [9.17, 15) is 0 Å². The predicted molar refractivity (Wildman–Crippen MR) is 179 cm³/mol. The minimum atomic E-state index is -5.61. The zero-order chi connectivity index (χ0) is 33.8. The van der Waals surface area contributed by atoms with Crippen molar-refractivity contribution < 1.29 is 42.6 Å². The normalized spacial score (nSPS) is 11.7. The van der Waals surface area contributed by atoms with Crippen molar-refractivity contribution in [3.8, 4) is 0 Å². The molecular formula is C32H82N4O5Si. The highest BCUT2D eigenvalue weighted by molar-refractivity contribution is 6.38. The molecule has 0 spiro atoms. The van der Waals surface area contributed by atoms with Gasteiger partial charge in [-0.3, -0.25) is 0 Å². The topological polar surface area (TPSA) is 124 Å². The van der Waals surface area contributed by atoms with E-state index in [-0.39, 0.29) is 5.48 Å². The molecule has 0 aliphatic rings. The van der Waals surface area contributed by atoms with Crippen LogP contribution in [0.4, 0.5) is 0 Å². The molecule has 0 aromatic rings. The second-order valence-corrected chi connectivity index (χ2v) is 11.9. The van der Waals surface area contributed by atoms with Crippen molar-refractivity contribution in [3.05, 3.63) is 0 Å². The molecule has 0 saturated heterocycles. The van der Waals surface area contributed by atoms with Crippen LogP contribution in [-0.2, 0) is 0 Å². The summed E-state index contributed by atoms with van der Waals surface area (Å²) in [5, 5.41) is 0. The number of quaternary nitrogens is 4. The van der Waals surface area contributed by atoms with Gasteiger partial charge in [-0.15, -0.1) is 0 Å². The van der Waals surface area contributed by atoms with Crippen molar-refractivity contribution in [2.45, 2.75) is 111 Å². The lowest BCUT2D eigenvalue weighted by molar-refractivity contribution is -0.921. The second kappa shape index (κ2) is 30.9. The fourth-order valence-electron chi connectivity index (χ4n) is 5.37. The van der Waals surface area contributed by atoms with Crippen LogP contribution in [0, 0.1) is 0 Å². The zero-order valence-electron chi connectivity index (χ0n) is 31.7. The van der Waals surface area contributed by atoms with Gasteiger partial charge in [0.25, 0.3) is 0 Å². The van der Waals surface area contributed by atoms with Gasteiger partial charge in [-0.2, -0.15) is 0 Å². The maximum Gasteiger partial charge on any atom is 0.0757 e. The van der Waals surface area contributed by atoms with E-state index in [0.717, 1.165) is 0 Å². The fourth-order valence-corrected chi connectivity index (χ4v) is 5.37. The molecule has 0 bridgehead atoms. The molecule has 0 aromatic heterocycles. The van der Waals surface area contributed by atoms with Gasteiger partial charge in [0.15, 0.2) is 0 Å². The summed E-state index contributed by atoms with van der Waals surface area (Å²) in [5.41, 5.74) is 0. The lowest BCUT2D eigenvalue weighted by Gasteiger charge is -2.67. The van der Waals surface area contributed by atoms with E-state index in [1.165, 1.54) is 123 Å². The SMILES string of the molecule is CC[N+](CC)(CC)CC.CC[N+](CC)(CC)CC.CC[N+](CC)(CC)CC.CC[N+](CC)(CC)CC.O.[O-][Si]([O-])([O-])[O-]. The molecule has 0 amide bonds. The molecule has 2 N–H and O–H groups in total. The molecule has 42 heavy (non-hydrogen) atoms. The summed E-state index contributed by atoms with van der Waals surface area (Å²) in [6, 6.07) is 0. The first kappa shape index (κ1) is 54.3. The van der Waals surface area contributed by atoms with Crippen LogP contribution in [0.2, 0.25) is 0 Å². The van der Waals surface area contributed by atoms with E-state index >= 15 is 0 Å². The van der Waals surface area contributed by atoms with Gasteiger partial charge in [-0.25, -0.2) is 0 Å². The third kappa shape index (κ3) is 26.3. The van der Waals surface area contributed by atoms with Crippen molar-refractivity contribution >= 4 is 9.05 Å². The van der Waals surface area contributed by atoms with Gasteiger partial charge < -0.3 is 51.6 Å². The van der Waals surface area contributed by atoms with E-state index in [1.54, 1.807) is 0 Å². The van der Waals surface area contributed by atoms with Crippen molar-refractivity contribution in [1.29, 1.82) is 0 Å². The van der Waals surface area contributed by atoms with Gasteiger partial charge in [0.2, 0.25) is 0 Å². The molecule has 0 saturated carbocycles. The van der Waals surface area contributed by atoms with Crippen LogP contribution in [0.1, 0.15) is 111 Å². The Bertz CT molecular complexity index is 365. The van der Waals surface area contributed by atoms with Gasteiger partial charge in [-0.1, -0.05) is 0 Å². The van der Waals surface area contributed by atoms with Crippen LogP contribution < -0.4 is 19.2 Å².